The van der Waals surface area contributed by atoms with E-state index in [2.05, 4.69) is 5.32 Å². The highest BCUT2D eigenvalue weighted by molar-refractivity contribution is 7.80. The fourth-order valence-corrected chi connectivity index (χ4v) is 4.31. The number of carbonyl (C=O) groups is 3. The van der Waals surface area contributed by atoms with Gasteiger partial charge >= 0.3 is 5.97 Å². The molecule has 1 aromatic heterocycles. The lowest BCUT2D eigenvalue weighted by atomic mass is 10.1. The van der Waals surface area contributed by atoms with Crippen molar-refractivity contribution in [2.75, 3.05) is 4.90 Å². The van der Waals surface area contributed by atoms with E-state index in [4.69, 9.17) is 23.8 Å². The van der Waals surface area contributed by atoms with Gasteiger partial charge in [0.25, 0.3) is 11.8 Å². The monoisotopic (exact) mass is 479 g/mol. The SMILES string of the molecule is Cc1cc(/C=C2/C(=O)NC(=S)N(c3ccccc3)C2=O)c(C)n1-c1ccc(C(=O)O)c(Cl)c1. The van der Waals surface area contributed by atoms with Crippen LogP contribution in [0.15, 0.2) is 60.2 Å². The Bertz CT molecular complexity index is 1360. The number of rotatable bonds is 4. The van der Waals surface area contributed by atoms with Gasteiger partial charge in [-0.15, -0.1) is 0 Å². The molecule has 1 fully saturated rings. The number of anilines is 1. The molecule has 3 aromatic rings. The predicted molar refractivity (Wildman–Crippen MR) is 130 cm³/mol. The Balaban J connectivity index is 1.76. The third kappa shape index (κ3) is 4.06. The van der Waals surface area contributed by atoms with Crippen LogP contribution in [-0.2, 0) is 9.59 Å². The summed E-state index contributed by atoms with van der Waals surface area (Å²) in [5, 5.41) is 11.9. The molecule has 0 saturated carbocycles. The van der Waals surface area contributed by atoms with Crippen molar-refractivity contribution in [2.24, 2.45) is 0 Å². The van der Waals surface area contributed by atoms with Crippen LogP contribution in [0.5, 0.6) is 0 Å². The van der Waals surface area contributed by atoms with Gasteiger partial charge in [0.1, 0.15) is 5.57 Å². The maximum Gasteiger partial charge on any atom is 0.337 e. The Kier molecular flexibility index (Phi) is 5.88. The number of benzene rings is 2. The number of carboxylic acids is 1. The number of carboxylic acid groups (broad SMARTS) is 1. The van der Waals surface area contributed by atoms with E-state index in [1.165, 1.54) is 17.0 Å². The number of nitrogens with zero attached hydrogens (tertiary/aromatic N) is 2. The molecule has 33 heavy (non-hydrogen) atoms. The maximum atomic E-state index is 13.2. The fourth-order valence-electron chi connectivity index (χ4n) is 3.77. The molecule has 0 aliphatic carbocycles. The summed E-state index contributed by atoms with van der Waals surface area (Å²) in [6.07, 6.45) is 1.53. The van der Waals surface area contributed by atoms with Crippen molar-refractivity contribution in [1.82, 2.24) is 9.88 Å². The number of aromatic carboxylic acids is 1. The minimum atomic E-state index is -1.11. The molecule has 7 nitrogen and oxygen atoms in total. The Labute approximate surface area is 199 Å². The predicted octanol–water partition coefficient (Wildman–Crippen LogP) is 4.28. The number of hydrogen-bond donors (Lipinski definition) is 2. The summed E-state index contributed by atoms with van der Waals surface area (Å²) >= 11 is 11.4. The van der Waals surface area contributed by atoms with Crippen LogP contribution < -0.4 is 10.2 Å². The lowest BCUT2D eigenvalue weighted by Crippen LogP contribution is -2.54. The lowest BCUT2D eigenvalue weighted by molar-refractivity contribution is -0.122. The lowest BCUT2D eigenvalue weighted by Gasteiger charge is -2.28. The van der Waals surface area contributed by atoms with E-state index in [1.807, 2.05) is 30.5 Å². The minimum absolute atomic E-state index is 0.00617. The zero-order valence-electron chi connectivity index (χ0n) is 17.6. The summed E-state index contributed by atoms with van der Waals surface area (Å²) in [5.74, 6) is -2.20. The number of halogens is 1. The molecule has 4 rings (SSSR count). The van der Waals surface area contributed by atoms with Gasteiger partial charge in [0.15, 0.2) is 5.11 Å². The third-order valence-electron chi connectivity index (χ3n) is 5.33. The number of nitrogens with one attached hydrogen (secondary N) is 1. The highest BCUT2D eigenvalue weighted by atomic mass is 35.5. The quantitative estimate of drug-likeness (QED) is 0.331. The number of aromatic nitrogens is 1. The second-order valence-corrected chi connectivity index (χ2v) is 8.22. The molecule has 166 valence electrons. The van der Waals surface area contributed by atoms with Crippen LogP contribution in [0.4, 0.5) is 5.69 Å². The van der Waals surface area contributed by atoms with Crippen molar-refractivity contribution in [3.8, 4) is 5.69 Å². The highest BCUT2D eigenvalue weighted by Gasteiger charge is 2.34. The summed E-state index contributed by atoms with van der Waals surface area (Å²) in [7, 11) is 0. The van der Waals surface area contributed by atoms with Gasteiger partial charge in [0.2, 0.25) is 0 Å². The number of carbonyl (C=O) groups excluding carboxylic acids is 2. The first-order chi connectivity index (χ1) is 15.7. The summed E-state index contributed by atoms with van der Waals surface area (Å²) < 4.78 is 1.87. The molecule has 2 amide bonds. The van der Waals surface area contributed by atoms with Crippen molar-refractivity contribution in [2.45, 2.75) is 13.8 Å². The van der Waals surface area contributed by atoms with Crippen molar-refractivity contribution in [3.05, 3.63) is 87.7 Å². The van der Waals surface area contributed by atoms with Crippen molar-refractivity contribution in [3.63, 3.8) is 0 Å². The molecule has 1 saturated heterocycles. The first kappa shape index (κ1) is 22.4. The molecule has 0 unspecified atom stereocenters. The van der Waals surface area contributed by atoms with Crippen LogP contribution in [0.25, 0.3) is 11.8 Å². The molecule has 0 radical (unpaired) electrons. The molecule has 2 heterocycles. The van der Waals surface area contributed by atoms with E-state index >= 15 is 0 Å². The second kappa shape index (κ2) is 8.65. The van der Waals surface area contributed by atoms with Gasteiger partial charge in [-0.1, -0.05) is 29.8 Å². The molecule has 1 aliphatic rings. The summed E-state index contributed by atoms with van der Waals surface area (Å²) in [6, 6.07) is 15.3. The number of thiocarbonyl (C=S) groups is 1. The van der Waals surface area contributed by atoms with Gasteiger partial charge in [-0.2, -0.15) is 0 Å². The molecule has 2 aromatic carbocycles. The Morgan fingerprint density at radius 3 is 2.39 bits per heavy atom. The van der Waals surface area contributed by atoms with E-state index in [0.717, 1.165) is 11.4 Å². The van der Waals surface area contributed by atoms with E-state index < -0.39 is 17.8 Å². The average Bonchev–Trinajstić information content (AvgIpc) is 3.04. The standard InChI is InChI=1S/C24H18ClN3O4S/c1-13-10-15(14(2)27(13)17-8-9-18(23(31)32)20(25)12-17)11-19-21(29)26-24(33)28(22(19)30)16-6-4-3-5-7-16/h3-12H,1-2H3,(H,31,32)(H,26,29,33)/b19-11-. The van der Waals surface area contributed by atoms with Crippen molar-refractivity contribution < 1.29 is 19.5 Å². The molecule has 0 bridgehead atoms. The van der Waals surface area contributed by atoms with Crippen LogP contribution in [-0.4, -0.2) is 32.6 Å². The largest absolute Gasteiger partial charge is 0.478 e. The van der Waals surface area contributed by atoms with E-state index in [0.29, 0.717) is 16.9 Å². The number of amides is 2. The molecular formula is C24H18ClN3O4S. The Hall–Kier alpha value is -3.75. The first-order valence-electron chi connectivity index (χ1n) is 9.87. The summed E-state index contributed by atoms with van der Waals surface area (Å²) in [6.45, 7) is 3.70. The van der Waals surface area contributed by atoms with Crippen LogP contribution >= 0.6 is 23.8 Å². The molecule has 0 spiro atoms. The van der Waals surface area contributed by atoms with Crippen LogP contribution in [0.3, 0.4) is 0 Å². The number of hydrogen-bond acceptors (Lipinski definition) is 4. The van der Waals surface area contributed by atoms with Gasteiger partial charge in [-0.3, -0.25) is 19.8 Å². The fraction of sp³-hybridized carbons (Fsp3) is 0.0833. The second-order valence-electron chi connectivity index (χ2n) is 7.42. The summed E-state index contributed by atoms with van der Waals surface area (Å²) in [4.78, 5) is 38.4. The van der Waals surface area contributed by atoms with E-state index in [-0.39, 0.29) is 21.3 Å². The average molecular weight is 480 g/mol. The molecule has 2 N–H and O–H groups in total. The molecule has 9 heteroatoms. The van der Waals surface area contributed by atoms with Crippen LogP contribution in [0.2, 0.25) is 5.02 Å². The van der Waals surface area contributed by atoms with Gasteiger partial charge in [0, 0.05) is 17.1 Å². The molecule has 0 atom stereocenters. The van der Waals surface area contributed by atoms with Gasteiger partial charge in [-0.05, 0) is 74.1 Å². The minimum Gasteiger partial charge on any atom is -0.478 e. The van der Waals surface area contributed by atoms with Crippen LogP contribution in [0.1, 0.15) is 27.3 Å². The van der Waals surface area contributed by atoms with E-state index in [1.54, 1.807) is 36.4 Å². The first-order valence-corrected chi connectivity index (χ1v) is 10.7. The Morgan fingerprint density at radius 1 is 1.06 bits per heavy atom. The van der Waals surface area contributed by atoms with Crippen molar-refractivity contribution >= 4 is 58.5 Å². The summed E-state index contributed by atoms with van der Waals surface area (Å²) in [5.41, 5.74) is 3.40. The van der Waals surface area contributed by atoms with E-state index in [9.17, 15) is 19.5 Å². The zero-order valence-corrected chi connectivity index (χ0v) is 19.2. The normalized spacial score (nSPS) is 15.2. The highest BCUT2D eigenvalue weighted by Crippen LogP contribution is 2.28. The van der Waals surface area contributed by atoms with Crippen LogP contribution in [0, 0.1) is 13.8 Å². The maximum absolute atomic E-state index is 13.2. The smallest absolute Gasteiger partial charge is 0.337 e. The molecule has 1 aliphatic heterocycles. The Morgan fingerprint density at radius 2 is 1.76 bits per heavy atom. The number of para-hydroxylation sites is 1. The third-order valence-corrected chi connectivity index (χ3v) is 5.92. The zero-order chi connectivity index (χ0) is 23.9. The van der Waals surface area contributed by atoms with Gasteiger partial charge in [0.05, 0.1) is 16.3 Å². The van der Waals surface area contributed by atoms with Crippen molar-refractivity contribution in [1.29, 1.82) is 0 Å². The number of aryl methyl sites for hydroxylation is 1. The topological polar surface area (TPSA) is 91.6 Å². The van der Waals surface area contributed by atoms with Gasteiger partial charge < -0.3 is 9.67 Å². The molecular weight excluding hydrogens is 462 g/mol. The van der Waals surface area contributed by atoms with Gasteiger partial charge in [-0.25, -0.2) is 4.79 Å².